The van der Waals surface area contributed by atoms with E-state index in [9.17, 15) is 9.90 Å². The van der Waals surface area contributed by atoms with Gasteiger partial charge in [-0.15, -0.1) is 0 Å². The van der Waals surface area contributed by atoms with Crippen molar-refractivity contribution >= 4 is 5.97 Å². The predicted octanol–water partition coefficient (Wildman–Crippen LogP) is 5.81. The van der Waals surface area contributed by atoms with E-state index in [0.717, 1.165) is 53.9 Å². The van der Waals surface area contributed by atoms with E-state index < -0.39 is 5.97 Å². The summed E-state index contributed by atoms with van der Waals surface area (Å²) in [4.78, 5) is 11.6. The van der Waals surface area contributed by atoms with Gasteiger partial charge in [-0.1, -0.05) is 38.0 Å². The van der Waals surface area contributed by atoms with E-state index in [1.807, 2.05) is 12.1 Å². The molecule has 1 aliphatic carbocycles. The third kappa shape index (κ3) is 3.87. The molecule has 0 heterocycles. The summed E-state index contributed by atoms with van der Waals surface area (Å²) >= 11 is 0. The molecule has 0 unspecified atom stereocenters. The SMILES string of the molecule is CCCOc1ccc(-c2ccc(C(=O)O)c(C3CCCC3)c2)cc1C. The Kier molecular flexibility index (Phi) is 5.42. The minimum atomic E-state index is -0.826. The fourth-order valence-electron chi connectivity index (χ4n) is 3.71. The number of hydrogen-bond donors (Lipinski definition) is 1. The zero-order valence-corrected chi connectivity index (χ0v) is 15.0. The maximum Gasteiger partial charge on any atom is 0.335 e. The van der Waals surface area contributed by atoms with Crippen LogP contribution in [0.5, 0.6) is 5.75 Å². The molecule has 25 heavy (non-hydrogen) atoms. The lowest BCUT2D eigenvalue weighted by atomic mass is 9.89. The van der Waals surface area contributed by atoms with Crippen molar-refractivity contribution in [3.63, 3.8) is 0 Å². The second-order valence-electron chi connectivity index (χ2n) is 6.92. The van der Waals surface area contributed by atoms with Gasteiger partial charge < -0.3 is 9.84 Å². The fourth-order valence-corrected chi connectivity index (χ4v) is 3.71. The Morgan fingerprint density at radius 3 is 2.44 bits per heavy atom. The summed E-state index contributed by atoms with van der Waals surface area (Å²) < 4.78 is 5.75. The van der Waals surface area contributed by atoms with Crippen molar-refractivity contribution in [2.45, 2.75) is 51.9 Å². The molecular weight excluding hydrogens is 312 g/mol. The second kappa shape index (κ2) is 7.73. The summed E-state index contributed by atoms with van der Waals surface area (Å²) in [6, 6.07) is 12.0. The topological polar surface area (TPSA) is 46.5 Å². The number of benzene rings is 2. The van der Waals surface area contributed by atoms with Gasteiger partial charge in [-0.25, -0.2) is 4.79 Å². The second-order valence-corrected chi connectivity index (χ2v) is 6.92. The van der Waals surface area contributed by atoms with Crippen molar-refractivity contribution in [3.05, 3.63) is 53.1 Å². The molecule has 1 saturated carbocycles. The molecule has 2 aromatic rings. The van der Waals surface area contributed by atoms with E-state index in [2.05, 4.69) is 32.0 Å². The van der Waals surface area contributed by atoms with E-state index in [4.69, 9.17) is 4.74 Å². The third-order valence-corrected chi connectivity index (χ3v) is 5.05. The van der Waals surface area contributed by atoms with Crippen LogP contribution >= 0.6 is 0 Å². The van der Waals surface area contributed by atoms with E-state index >= 15 is 0 Å². The molecule has 1 N–H and O–H groups in total. The first kappa shape index (κ1) is 17.5. The van der Waals surface area contributed by atoms with Crippen molar-refractivity contribution < 1.29 is 14.6 Å². The normalized spacial score (nSPS) is 14.6. The number of aromatic carboxylic acids is 1. The summed E-state index contributed by atoms with van der Waals surface area (Å²) in [6.07, 6.45) is 5.55. The highest BCUT2D eigenvalue weighted by atomic mass is 16.5. The summed E-state index contributed by atoms with van der Waals surface area (Å²) in [5.41, 5.74) is 4.74. The van der Waals surface area contributed by atoms with Gasteiger partial charge >= 0.3 is 5.97 Å². The van der Waals surface area contributed by atoms with Gasteiger partial charge in [0.25, 0.3) is 0 Å². The van der Waals surface area contributed by atoms with Crippen LogP contribution in [-0.4, -0.2) is 17.7 Å². The zero-order valence-electron chi connectivity index (χ0n) is 15.0. The van der Waals surface area contributed by atoms with Crippen LogP contribution in [0.4, 0.5) is 0 Å². The minimum absolute atomic E-state index is 0.374. The quantitative estimate of drug-likeness (QED) is 0.723. The summed E-state index contributed by atoms with van der Waals surface area (Å²) in [7, 11) is 0. The Balaban J connectivity index is 1.95. The lowest BCUT2D eigenvalue weighted by Gasteiger charge is -2.16. The maximum absolute atomic E-state index is 11.6. The van der Waals surface area contributed by atoms with E-state index in [1.165, 1.54) is 12.8 Å². The van der Waals surface area contributed by atoms with Crippen molar-refractivity contribution in [2.24, 2.45) is 0 Å². The molecule has 0 radical (unpaired) electrons. The highest BCUT2D eigenvalue weighted by molar-refractivity contribution is 5.90. The van der Waals surface area contributed by atoms with Crippen molar-refractivity contribution in [1.82, 2.24) is 0 Å². The van der Waals surface area contributed by atoms with Crippen LogP contribution in [0.2, 0.25) is 0 Å². The van der Waals surface area contributed by atoms with E-state index in [1.54, 1.807) is 6.07 Å². The summed E-state index contributed by atoms with van der Waals surface area (Å²) in [5, 5.41) is 9.53. The third-order valence-electron chi connectivity index (χ3n) is 5.05. The predicted molar refractivity (Wildman–Crippen MR) is 101 cm³/mol. The molecule has 0 bridgehead atoms. The van der Waals surface area contributed by atoms with Gasteiger partial charge in [0.05, 0.1) is 12.2 Å². The summed E-state index contributed by atoms with van der Waals surface area (Å²) in [6.45, 7) is 4.87. The monoisotopic (exact) mass is 338 g/mol. The zero-order chi connectivity index (χ0) is 17.8. The minimum Gasteiger partial charge on any atom is -0.493 e. The average molecular weight is 338 g/mol. The molecule has 1 fully saturated rings. The van der Waals surface area contributed by atoms with Gasteiger partial charge in [0.1, 0.15) is 5.75 Å². The Bertz CT molecular complexity index is 758. The molecule has 132 valence electrons. The Morgan fingerprint density at radius 2 is 1.80 bits per heavy atom. The first-order chi connectivity index (χ1) is 12.1. The van der Waals surface area contributed by atoms with Crippen LogP contribution in [0.15, 0.2) is 36.4 Å². The van der Waals surface area contributed by atoms with Gasteiger partial charge in [0.15, 0.2) is 0 Å². The highest BCUT2D eigenvalue weighted by Gasteiger charge is 2.23. The van der Waals surface area contributed by atoms with Crippen LogP contribution in [0.3, 0.4) is 0 Å². The number of carboxylic acid groups (broad SMARTS) is 1. The molecule has 0 spiro atoms. The number of carboxylic acids is 1. The van der Waals surface area contributed by atoms with Gasteiger partial charge in [0.2, 0.25) is 0 Å². The Hall–Kier alpha value is -2.29. The first-order valence-electron chi connectivity index (χ1n) is 9.21. The van der Waals surface area contributed by atoms with Gasteiger partial charge in [0, 0.05) is 0 Å². The van der Waals surface area contributed by atoms with Crippen LogP contribution in [-0.2, 0) is 0 Å². The van der Waals surface area contributed by atoms with Gasteiger partial charge in [-0.3, -0.25) is 0 Å². The Morgan fingerprint density at radius 1 is 1.12 bits per heavy atom. The number of ether oxygens (including phenoxy) is 1. The van der Waals surface area contributed by atoms with Crippen LogP contribution in [0.25, 0.3) is 11.1 Å². The van der Waals surface area contributed by atoms with Crippen LogP contribution in [0, 0.1) is 6.92 Å². The molecule has 0 saturated heterocycles. The largest absolute Gasteiger partial charge is 0.493 e. The van der Waals surface area contributed by atoms with Gasteiger partial charge in [-0.05, 0) is 72.6 Å². The van der Waals surface area contributed by atoms with Gasteiger partial charge in [-0.2, -0.15) is 0 Å². The molecule has 0 amide bonds. The molecule has 0 aliphatic heterocycles. The Labute approximate surface area is 149 Å². The fraction of sp³-hybridized carbons (Fsp3) is 0.409. The van der Waals surface area contributed by atoms with Crippen LogP contribution < -0.4 is 4.74 Å². The summed E-state index contributed by atoms with van der Waals surface area (Å²) in [5.74, 6) is 0.469. The number of aryl methyl sites for hydroxylation is 1. The smallest absolute Gasteiger partial charge is 0.335 e. The molecule has 0 aromatic heterocycles. The van der Waals surface area contributed by atoms with Crippen molar-refractivity contribution in [3.8, 4) is 16.9 Å². The molecule has 3 nitrogen and oxygen atoms in total. The highest BCUT2D eigenvalue weighted by Crippen LogP contribution is 2.38. The van der Waals surface area contributed by atoms with Crippen molar-refractivity contribution in [1.29, 1.82) is 0 Å². The molecule has 2 aromatic carbocycles. The number of hydrogen-bond acceptors (Lipinski definition) is 2. The molecule has 3 heteroatoms. The van der Waals surface area contributed by atoms with Crippen molar-refractivity contribution in [2.75, 3.05) is 6.61 Å². The first-order valence-corrected chi connectivity index (χ1v) is 9.21. The van der Waals surface area contributed by atoms with E-state index in [-0.39, 0.29) is 0 Å². The molecule has 1 aliphatic rings. The molecular formula is C22H26O3. The lowest BCUT2D eigenvalue weighted by molar-refractivity contribution is 0.0695. The standard InChI is InChI=1S/C22H26O3/c1-3-12-25-21-11-9-17(13-15(21)2)18-8-10-19(22(23)24)20(14-18)16-6-4-5-7-16/h8-11,13-14,16H,3-7,12H2,1-2H3,(H,23,24). The molecule has 3 rings (SSSR count). The van der Waals surface area contributed by atoms with E-state index in [0.29, 0.717) is 11.5 Å². The number of carbonyl (C=O) groups is 1. The number of rotatable bonds is 6. The lowest BCUT2D eigenvalue weighted by Crippen LogP contribution is -2.06. The average Bonchev–Trinajstić information content (AvgIpc) is 3.14. The maximum atomic E-state index is 11.6. The molecule has 0 atom stereocenters. The van der Waals surface area contributed by atoms with Crippen LogP contribution in [0.1, 0.15) is 66.4 Å².